The summed E-state index contributed by atoms with van der Waals surface area (Å²) in [6, 6.07) is 4.05. The van der Waals surface area contributed by atoms with E-state index in [0.717, 1.165) is 6.08 Å². The number of H-pyrrole nitrogens is 2. The second-order valence-electron chi connectivity index (χ2n) is 5.45. The highest BCUT2D eigenvalue weighted by molar-refractivity contribution is 6.02. The van der Waals surface area contributed by atoms with Crippen molar-refractivity contribution in [2.45, 2.75) is 13.1 Å². The maximum absolute atomic E-state index is 12.7. The van der Waals surface area contributed by atoms with Crippen LogP contribution in [0.3, 0.4) is 0 Å². The zero-order valence-corrected chi connectivity index (χ0v) is 13.0. The van der Waals surface area contributed by atoms with Crippen LogP contribution in [0.5, 0.6) is 5.75 Å². The average molecular weight is 342 g/mol. The molecule has 0 atom stereocenters. The smallest absolute Gasteiger partial charge is 0.325 e. The van der Waals surface area contributed by atoms with Crippen molar-refractivity contribution in [3.63, 3.8) is 0 Å². The monoisotopic (exact) mass is 342 g/mol. The lowest BCUT2D eigenvalue weighted by Crippen LogP contribution is -2.27. The summed E-state index contributed by atoms with van der Waals surface area (Å²) >= 11 is 0. The van der Waals surface area contributed by atoms with Crippen molar-refractivity contribution in [1.29, 1.82) is 0 Å². The van der Waals surface area contributed by atoms with Crippen LogP contribution in [0.15, 0.2) is 40.4 Å². The molecular weight excluding hydrogens is 328 g/mol. The number of aromatic hydroxyl groups is 1. The average Bonchev–Trinajstić information content (AvgIpc) is 3.00. The number of nitrogens with zero attached hydrogens (tertiary/aromatic N) is 1. The molecule has 1 aromatic carbocycles. The number of amides is 2. The molecule has 0 unspecified atom stereocenters. The molecule has 0 bridgehead atoms. The molecule has 2 heterocycles. The van der Waals surface area contributed by atoms with Gasteiger partial charge in [-0.15, -0.1) is 0 Å². The van der Waals surface area contributed by atoms with Crippen LogP contribution in [0.4, 0.5) is 5.69 Å². The van der Waals surface area contributed by atoms with Crippen LogP contribution in [-0.4, -0.2) is 31.8 Å². The minimum absolute atomic E-state index is 0.00294. The standard InChI is InChI=1S/C16H14N4O5/c1-2-13(22)17-8-3-4-12(21)9(5-8)15(24)20-6-10-11(7-20)18-16(25)19-14(10)23/h2-5,21H,1,6-7H2,(H,17,22)(H2,18,19,23,25). The van der Waals surface area contributed by atoms with E-state index in [9.17, 15) is 24.3 Å². The SMILES string of the molecule is C=CC(=O)Nc1ccc(O)c(C(=O)N2Cc3[nH]c(=O)[nH]c(=O)c3C2)c1. The molecule has 0 saturated carbocycles. The molecule has 0 spiro atoms. The number of hydrogen-bond acceptors (Lipinski definition) is 5. The summed E-state index contributed by atoms with van der Waals surface area (Å²) in [5.41, 5.74) is -0.260. The van der Waals surface area contributed by atoms with E-state index in [1.807, 2.05) is 0 Å². The fraction of sp³-hybridized carbons (Fsp3) is 0.125. The van der Waals surface area contributed by atoms with Crippen LogP contribution in [0, 0.1) is 0 Å². The van der Waals surface area contributed by atoms with E-state index in [1.54, 1.807) is 0 Å². The molecule has 9 nitrogen and oxygen atoms in total. The summed E-state index contributed by atoms with van der Waals surface area (Å²) in [6.45, 7) is 3.38. The van der Waals surface area contributed by atoms with Gasteiger partial charge < -0.3 is 20.3 Å². The number of carbonyl (C=O) groups is 2. The van der Waals surface area contributed by atoms with Crippen molar-refractivity contribution >= 4 is 17.5 Å². The lowest BCUT2D eigenvalue weighted by Gasteiger charge is -2.16. The van der Waals surface area contributed by atoms with E-state index < -0.39 is 23.1 Å². The van der Waals surface area contributed by atoms with Gasteiger partial charge in [0.05, 0.1) is 24.2 Å². The van der Waals surface area contributed by atoms with Crippen LogP contribution in [0.25, 0.3) is 0 Å². The lowest BCUT2D eigenvalue weighted by molar-refractivity contribution is -0.111. The van der Waals surface area contributed by atoms with Crippen molar-refractivity contribution in [3.05, 3.63) is 68.5 Å². The van der Waals surface area contributed by atoms with E-state index in [2.05, 4.69) is 21.9 Å². The van der Waals surface area contributed by atoms with Gasteiger partial charge in [-0.1, -0.05) is 6.58 Å². The van der Waals surface area contributed by atoms with Crippen molar-refractivity contribution in [2.75, 3.05) is 5.32 Å². The summed E-state index contributed by atoms with van der Waals surface area (Å²) in [7, 11) is 0. The van der Waals surface area contributed by atoms with Gasteiger partial charge in [0.25, 0.3) is 11.5 Å². The van der Waals surface area contributed by atoms with E-state index in [1.165, 1.54) is 23.1 Å². The Labute approximate surface area is 140 Å². The highest BCUT2D eigenvalue weighted by Gasteiger charge is 2.28. The third-order valence-electron chi connectivity index (χ3n) is 3.79. The molecule has 0 fully saturated rings. The fourth-order valence-electron chi connectivity index (χ4n) is 2.59. The summed E-state index contributed by atoms with van der Waals surface area (Å²) in [5, 5.41) is 12.5. The Morgan fingerprint density at radius 1 is 1.24 bits per heavy atom. The van der Waals surface area contributed by atoms with Gasteiger partial charge in [0.1, 0.15) is 5.75 Å². The van der Waals surface area contributed by atoms with Crippen LogP contribution in [0.1, 0.15) is 21.6 Å². The molecule has 1 aliphatic heterocycles. The van der Waals surface area contributed by atoms with Gasteiger partial charge >= 0.3 is 5.69 Å². The first-order valence-corrected chi connectivity index (χ1v) is 7.29. The maximum Gasteiger partial charge on any atom is 0.325 e. The number of phenolic OH excluding ortho intramolecular Hbond substituents is 1. The Hall–Kier alpha value is -3.62. The fourth-order valence-corrected chi connectivity index (χ4v) is 2.59. The number of benzene rings is 1. The predicted molar refractivity (Wildman–Crippen MR) is 88.2 cm³/mol. The minimum atomic E-state index is -0.643. The Balaban J connectivity index is 1.89. The van der Waals surface area contributed by atoms with Gasteiger partial charge in [-0.2, -0.15) is 0 Å². The zero-order valence-electron chi connectivity index (χ0n) is 13.0. The molecule has 9 heteroatoms. The van der Waals surface area contributed by atoms with Crippen LogP contribution in [0.2, 0.25) is 0 Å². The Morgan fingerprint density at radius 3 is 2.72 bits per heavy atom. The normalized spacial score (nSPS) is 12.6. The van der Waals surface area contributed by atoms with Gasteiger partial charge in [-0.25, -0.2) is 4.79 Å². The summed E-state index contributed by atoms with van der Waals surface area (Å²) in [5.74, 6) is -1.26. The highest BCUT2D eigenvalue weighted by Crippen LogP contribution is 2.26. The molecule has 4 N–H and O–H groups in total. The Morgan fingerprint density at radius 2 is 2.00 bits per heavy atom. The number of aromatic nitrogens is 2. The van der Waals surface area contributed by atoms with Crippen LogP contribution < -0.4 is 16.6 Å². The molecule has 0 aliphatic carbocycles. The topological polar surface area (TPSA) is 135 Å². The summed E-state index contributed by atoms with van der Waals surface area (Å²) in [4.78, 5) is 53.1. The van der Waals surface area contributed by atoms with Gasteiger partial charge in [0, 0.05) is 11.4 Å². The van der Waals surface area contributed by atoms with E-state index in [-0.39, 0.29) is 24.4 Å². The molecule has 3 rings (SSSR count). The number of anilines is 1. The first kappa shape index (κ1) is 16.2. The zero-order chi connectivity index (χ0) is 18.1. The third-order valence-corrected chi connectivity index (χ3v) is 3.79. The third kappa shape index (κ3) is 3.07. The second-order valence-corrected chi connectivity index (χ2v) is 5.45. The number of nitrogens with one attached hydrogen (secondary N) is 3. The number of phenols is 1. The van der Waals surface area contributed by atoms with Crippen molar-refractivity contribution in [2.24, 2.45) is 0 Å². The molecule has 25 heavy (non-hydrogen) atoms. The van der Waals surface area contributed by atoms with Gasteiger partial charge in [0.15, 0.2) is 0 Å². The van der Waals surface area contributed by atoms with Crippen LogP contribution >= 0.6 is 0 Å². The highest BCUT2D eigenvalue weighted by atomic mass is 16.3. The van der Waals surface area contributed by atoms with Crippen molar-refractivity contribution in [1.82, 2.24) is 14.9 Å². The molecule has 1 aromatic heterocycles. The van der Waals surface area contributed by atoms with Crippen LogP contribution in [-0.2, 0) is 17.9 Å². The van der Waals surface area contributed by atoms with Crippen molar-refractivity contribution in [3.8, 4) is 5.75 Å². The largest absolute Gasteiger partial charge is 0.507 e. The number of hydrogen-bond donors (Lipinski definition) is 4. The Kier molecular flexibility index (Phi) is 3.97. The van der Waals surface area contributed by atoms with E-state index in [4.69, 9.17) is 0 Å². The molecule has 2 aromatic rings. The molecule has 2 amide bonds. The maximum atomic E-state index is 12.7. The first-order chi connectivity index (χ1) is 11.9. The summed E-state index contributed by atoms with van der Waals surface area (Å²) in [6.07, 6.45) is 1.08. The number of fused-ring (bicyclic) bond motifs is 1. The molecule has 128 valence electrons. The number of rotatable bonds is 3. The van der Waals surface area contributed by atoms with Gasteiger partial charge in [0.2, 0.25) is 5.91 Å². The molecule has 0 saturated heterocycles. The lowest BCUT2D eigenvalue weighted by atomic mass is 10.1. The quantitative estimate of drug-likeness (QED) is 0.462. The molecule has 0 radical (unpaired) electrons. The molecule has 1 aliphatic rings. The molecular formula is C16H14N4O5. The number of carbonyl (C=O) groups excluding carboxylic acids is 2. The van der Waals surface area contributed by atoms with E-state index in [0.29, 0.717) is 16.9 Å². The van der Waals surface area contributed by atoms with Gasteiger partial charge in [-0.05, 0) is 24.3 Å². The Bertz CT molecular complexity index is 1000. The van der Waals surface area contributed by atoms with Gasteiger partial charge in [-0.3, -0.25) is 19.4 Å². The van der Waals surface area contributed by atoms with Crippen molar-refractivity contribution < 1.29 is 14.7 Å². The summed E-state index contributed by atoms with van der Waals surface area (Å²) < 4.78 is 0. The number of aromatic amines is 2. The first-order valence-electron chi connectivity index (χ1n) is 7.29. The van der Waals surface area contributed by atoms with E-state index >= 15 is 0 Å². The predicted octanol–water partition coefficient (Wildman–Crippen LogP) is 0.0493. The minimum Gasteiger partial charge on any atom is -0.507 e. The second kappa shape index (κ2) is 6.11.